The molecule has 0 aromatic rings. The van der Waals surface area contributed by atoms with E-state index in [-0.39, 0.29) is 0 Å². The zero-order valence-corrected chi connectivity index (χ0v) is 30.7. The molecule has 256 valence electrons. The number of aliphatic hydroxyl groups is 1. The molecule has 0 aliphatic heterocycles. The lowest BCUT2D eigenvalue weighted by Crippen LogP contribution is -2.16. The van der Waals surface area contributed by atoms with Crippen LogP contribution in [0.2, 0.25) is 0 Å². The summed E-state index contributed by atoms with van der Waals surface area (Å²) in [6.45, 7) is 14.1. The van der Waals surface area contributed by atoms with E-state index in [0.717, 1.165) is 7.11 Å². The topological polar surface area (TPSA) is 23.5 Å². The first-order valence-electron chi connectivity index (χ1n) is 19.4. The van der Waals surface area contributed by atoms with Crippen molar-refractivity contribution in [3.8, 4) is 0 Å². The van der Waals surface area contributed by atoms with E-state index in [1.807, 2.05) is 0 Å². The summed E-state index contributed by atoms with van der Waals surface area (Å²) in [6.07, 6.45) is 45.0. The molecule has 1 N–H and O–H groups in total. The maximum atomic E-state index is 7.00. The quantitative estimate of drug-likeness (QED) is 0.0782. The van der Waals surface area contributed by atoms with Crippen LogP contribution in [0.5, 0.6) is 0 Å². The van der Waals surface area contributed by atoms with E-state index < -0.39 is 0 Å². The summed E-state index contributed by atoms with van der Waals surface area (Å²) in [5.41, 5.74) is 1.19. The molecule has 0 heterocycles. The zero-order valence-electron chi connectivity index (χ0n) is 30.7. The van der Waals surface area contributed by atoms with E-state index in [9.17, 15) is 0 Å². The standard InChI is InChI=1S/C21H43N.C18H38.CH4O/c1-5-6-7-8-9-10-11-12-13-14-15-16-17-18-19-20-22(4)21(2)3;1-3-5-7-9-11-13-15-17-18-16-14-12-10-8-6-4-2;1-2/h2,5-20H2,1,3-4H3;3-18H2,1-2H3;2H,1H3. The minimum Gasteiger partial charge on any atom is -0.400 e. The summed E-state index contributed by atoms with van der Waals surface area (Å²) < 4.78 is 0. The van der Waals surface area contributed by atoms with Gasteiger partial charge >= 0.3 is 0 Å². The van der Waals surface area contributed by atoms with E-state index in [1.165, 1.54) is 211 Å². The highest BCUT2D eigenvalue weighted by atomic mass is 16.2. The molecule has 2 nitrogen and oxygen atoms in total. The molecule has 0 unspecified atom stereocenters. The van der Waals surface area contributed by atoms with Gasteiger partial charge in [0.1, 0.15) is 0 Å². The first kappa shape index (κ1) is 45.9. The Labute approximate surface area is 269 Å². The molecule has 0 fully saturated rings. The highest BCUT2D eigenvalue weighted by Crippen LogP contribution is 2.15. The van der Waals surface area contributed by atoms with Gasteiger partial charge in [0, 0.05) is 26.4 Å². The molecule has 0 bridgehead atoms. The van der Waals surface area contributed by atoms with Crippen LogP contribution in [0, 0.1) is 0 Å². The lowest BCUT2D eigenvalue weighted by Gasteiger charge is -2.18. The third-order valence-electron chi connectivity index (χ3n) is 8.71. The third-order valence-corrected chi connectivity index (χ3v) is 8.71. The molecule has 0 saturated carbocycles. The van der Waals surface area contributed by atoms with Crippen LogP contribution in [0.3, 0.4) is 0 Å². The SMILES string of the molecule is C=C(C)N(C)CCCCCCCCCCCCCCCCC.CCCCCCCCCCCCCCCCCC.CO. The van der Waals surface area contributed by atoms with Crippen molar-refractivity contribution in [2.75, 3.05) is 20.7 Å². The van der Waals surface area contributed by atoms with E-state index in [2.05, 4.69) is 46.2 Å². The third kappa shape index (κ3) is 46.5. The summed E-state index contributed by atoms with van der Waals surface area (Å²) in [4.78, 5) is 2.27. The summed E-state index contributed by atoms with van der Waals surface area (Å²) in [6, 6.07) is 0. The second-order valence-electron chi connectivity index (χ2n) is 13.1. The molecule has 2 heteroatoms. The number of nitrogens with zero attached hydrogens (tertiary/aromatic N) is 1. The van der Waals surface area contributed by atoms with Gasteiger partial charge in [0.15, 0.2) is 0 Å². The van der Waals surface area contributed by atoms with Gasteiger partial charge in [0.25, 0.3) is 0 Å². The Morgan fingerprint density at radius 3 is 0.714 bits per heavy atom. The number of aliphatic hydroxyl groups excluding tert-OH is 1. The molecule has 0 saturated heterocycles. The average molecular weight is 596 g/mol. The van der Waals surface area contributed by atoms with Gasteiger partial charge in [-0.3, -0.25) is 0 Å². The van der Waals surface area contributed by atoms with Gasteiger partial charge in [-0.15, -0.1) is 0 Å². The molecular formula is C40H85NO. The first-order valence-corrected chi connectivity index (χ1v) is 19.4. The van der Waals surface area contributed by atoms with Gasteiger partial charge in [-0.05, 0) is 13.3 Å². The maximum Gasteiger partial charge on any atom is 0.0319 e. The second-order valence-corrected chi connectivity index (χ2v) is 13.1. The summed E-state index contributed by atoms with van der Waals surface area (Å²) in [7, 11) is 3.14. The van der Waals surface area contributed by atoms with E-state index >= 15 is 0 Å². The molecule has 0 spiro atoms. The van der Waals surface area contributed by atoms with Gasteiger partial charge in [0.05, 0.1) is 0 Å². The number of allylic oxidation sites excluding steroid dienone is 1. The van der Waals surface area contributed by atoms with Gasteiger partial charge in [0.2, 0.25) is 0 Å². The summed E-state index contributed by atoms with van der Waals surface area (Å²) >= 11 is 0. The van der Waals surface area contributed by atoms with Crippen LogP contribution < -0.4 is 0 Å². The molecule has 0 aromatic carbocycles. The average Bonchev–Trinajstić information content (AvgIpc) is 3.00. The predicted octanol–water partition coefficient (Wildman–Crippen LogP) is 14.2. The van der Waals surface area contributed by atoms with Gasteiger partial charge in [-0.25, -0.2) is 0 Å². The monoisotopic (exact) mass is 596 g/mol. The molecule has 0 rings (SSSR count). The molecule has 42 heavy (non-hydrogen) atoms. The minimum atomic E-state index is 1.00. The molecule has 0 aliphatic rings. The van der Waals surface area contributed by atoms with Gasteiger partial charge in [-0.2, -0.15) is 0 Å². The van der Waals surface area contributed by atoms with Crippen molar-refractivity contribution < 1.29 is 5.11 Å². The normalized spacial score (nSPS) is 10.5. The van der Waals surface area contributed by atoms with Crippen molar-refractivity contribution in [2.24, 2.45) is 0 Å². The van der Waals surface area contributed by atoms with Crippen molar-refractivity contribution in [1.82, 2.24) is 4.90 Å². The highest BCUT2D eigenvalue weighted by molar-refractivity contribution is 4.85. The minimum absolute atomic E-state index is 1.00. The van der Waals surface area contributed by atoms with Gasteiger partial charge in [-0.1, -0.05) is 220 Å². The van der Waals surface area contributed by atoms with Crippen LogP contribution in [0.25, 0.3) is 0 Å². The lowest BCUT2D eigenvalue weighted by molar-refractivity contribution is 0.399. The van der Waals surface area contributed by atoms with Crippen molar-refractivity contribution in [3.63, 3.8) is 0 Å². The number of rotatable bonds is 32. The molecule has 0 aliphatic carbocycles. The fourth-order valence-corrected chi connectivity index (χ4v) is 5.53. The van der Waals surface area contributed by atoms with Crippen LogP contribution in [0.4, 0.5) is 0 Å². The van der Waals surface area contributed by atoms with Crippen molar-refractivity contribution in [1.29, 1.82) is 0 Å². The van der Waals surface area contributed by atoms with Crippen LogP contribution in [-0.4, -0.2) is 30.7 Å². The highest BCUT2D eigenvalue weighted by Gasteiger charge is 1.97. The fourth-order valence-electron chi connectivity index (χ4n) is 5.53. The summed E-state index contributed by atoms with van der Waals surface area (Å²) in [5.74, 6) is 0. The van der Waals surface area contributed by atoms with E-state index in [4.69, 9.17) is 5.11 Å². The Morgan fingerprint density at radius 2 is 0.548 bits per heavy atom. The fraction of sp³-hybridized carbons (Fsp3) is 0.950. The molecular weight excluding hydrogens is 510 g/mol. The molecule has 0 amide bonds. The Kier molecular flexibility index (Phi) is 49.1. The van der Waals surface area contributed by atoms with Crippen molar-refractivity contribution in [3.05, 3.63) is 12.3 Å². The zero-order chi connectivity index (χ0) is 31.8. The largest absolute Gasteiger partial charge is 0.400 e. The van der Waals surface area contributed by atoms with Crippen LogP contribution in [0.1, 0.15) is 227 Å². The Balaban J connectivity index is -0.000000695. The Hall–Kier alpha value is -0.500. The second kappa shape index (κ2) is 44.9. The maximum absolute atomic E-state index is 7.00. The van der Waals surface area contributed by atoms with Crippen LogP contribution in [0.15, 0.2) is 12.3 Å². The smallest absolute Gasteiger partial charge is 0.0319 e. The number of hydrogen-bond donors (Lipinski definition) is 1. The summed E-state index contributed by atoms with van der Waals surface area (Å²) in [5, 5.41) is 7.00. The van der Waals surface area contributed by atoms with Crippen molar-refractivity contribution in [2.45, 2.75) is 227 Å². The van der Waals surface area contributed by atoms with E-state index in [1.54, 1.807) is 0 Å². The predicted molar refractivity (Wildman–Crippen MR) is 196 cm³/mol. The lowest BCUT2D eigenvalue weighted by atomic mass is 10.0. The number of unbranched alkanes of at least 4 members (excludes halogenated alkanes) is 29. The van der Waals surface area contributed by atoms with Crippen LogP contribution in [-0.2, 0) is 0 Å². The molecule has 0 radical (unpaired) electrons. The van der Waals surface area contributed by atoms with E-state index in [0.29, 0.717) is 0 Å². The van der Waals surface area contributed by atoms with Crippen molar-refractivity contribution >= 4 is 0 Å². The molecule has 0 aromatic heterocycles. The molecule has 0 atom stereocenters. The van der Waals surface area contributed by atoms with Gasteiger partial charge < -0.3 is 10.0 Å². The Bertz CT molecular complexity index is 433. The first-order chi connectivity index (χ1) is 20.6. The number of hydrogen-bond acceptors (Lipinski definition) is 2. The Morgan fingerprint density at radius 1 is 0.381 bits per heavy atom. The van der Waals surface area contributed by atoms with Crippen LogP contribution >= 0.6 is 0 Å².